The second-order valence-corrected chi connectivity index (χ2v) is 9.73. The fraction of sp³-hybridized carbons (Fsp3) is 0.444. The molecule has 2 N–H and O–H groups in total. The Morgan fingerprint density at radius 2 is 1.71 bits per heavy atom. The average Bonchev–Trinajstić information content (AvgIpc) is 3.53. The lowest BCUT2D eigenvalue weighted by atomic mass is 9.95. The van der Waals surface area contributed by atoms with Crippen LogP contribution in [0.25, 0.3) is 11.1 Å². The summed E-state index contributed by atoms with van der Waals surface area (Å²) < 4.78 is 11.3. The normalized spacial score (nSPS) is 25.2. The van der Waals surface area contributed by atoms with Gasteiger partial charge in [-0.3, -0.25) is 9.59 Å². The van der Waals surface area contributed by atoms with Gasteiger partial charge in [0.05, 0.1) is 12.5 Å². The summed E-state index contributed by atoms with van der Waals surface area (Å²) in [5.41, 5.74) is 4.59. The molecule has 2 amide bonds. The smallest absolute Gasteiger partial charge is 0.407 e. The Labute approximate surface area is 204 Å². The molecule has 0 bridgehead atoms. The number of likely N-dealkylation sites (tertiary alicyclic amines) is 1. The summed E-state index contributed by atoms with van der Waals surface area (Å²) in [5.74, 6) is -1.08. The Morgan fingerprint density at radius 3 is 2.37 bits per heavy atom. The van der Waals surface area contributed by atoms with Crippen molar-refractivity contribution >= 4 is 18.0 Å². The van der Waals surface area contributed by atoms with Gasteiger partial charge in [0.2, 0.25) is 0 Å². The first kappa shape index (κ1) is 23.4. The van der Waals surface area contributed by atoms with E-state index < -0.39 is 24.2 Å². The molecule has 0 radical (unpaired) electrons. The Balaban J connectivity index is 1.19. The van der Waals surface area contributed by atoms with Crippen molar-refractivity contribution in [2.45, 2.75) is 37.8 Å². The van der Waals surface area contributed by atoms with E-state index in [1.165, 1.54) is 0 Å². The minimum atomic E-state index is -0.858. The molecule has 2 fully saturated rings. The predicted octanol–water partition coefficient (Wildman–Crippen LogP) is 3.25. The van der Waals surface area contributed by atoms with Gasteiger partial charge in [0, 0.05) is 25.6 Å². The molecule has 8 heteroatoms. The summed E-state index contributed by atoms with van der Waals surface area (Å²) >= 11 is 0. The predicted molar refractivity (Wildman–Crippen MR) is 128 cm³/mol. The third-order valence-electron chi connectivity index (χ3n) is 7.50. The lowest BCUT2D eigenvalue weighted by Crippen LogP contribution is -2.49. The van der Waals surface area contributed by atoms with Crippen LogP contribution in [-0.2, 0) is 19.1 Å². The van der Waals surface area contributed by atoms with Crippen molar-refractivity contribution in [2.75, 3.05) is 26.3 Å². The Bertz CT molecular complexity index is 1090. The molecule has 0 saturated carbocycles. The van der Waals surface area contributed by atoms with E-state index in [0.29, 0.717) is 26.1 Å². The molecule has 8 nitrogen and oxygen atoms in total. The highest BCUT2D eigenvalue weighted by atomic mass is 16.6. The van der Waals surface area contributed by atoms with Gasteiger partial charge >= 0.3 is 12.1 Å². The van der Waals surface area contributed by atoms with Crippen LogP contribution in [0.1, 0.15) is 36.8 Å². The number of hydrogen-bond acceptors (Lipinski definition) is 5. The number of carboxylic acid groups (broad SMARTS) is 1. The molecule has 0 spiro atoms. The molecule has 2 heterocycles. The largest absolute Gasteiger partial charge is 0.481 e. The molecular weight excluding hydrogens is 448 g/mol. The SMILES string of the molecule is C[C@@H]1CN(C(=O)[C@H]2OCC[C@H]2NC(=O)OCC2c3ccccc3-c3ccccc32)C[C@H]1CC(=O)O. The van der Waals surface area contributed by atoms with Gasteiger partial charge in [-0.25, -0.2) is 4.79 Å². The lowest BCUT2D eigenvalue weighted by molar-refractivity contribution is -0.142. The number of nitrogens with zero attached hydrogens (tertiary/aromatic N) is 1. The highest BCUT2D eigenvalue weighted by Crippen LogP contribution is 2.44. The van der Waals surface area contributed by atoms with Crippen molar-refractivity contribution in [3.8, 4) is 11.1 Å². The van der Waals surface area contributed by atoms with Crippen LogP contribution in [0.2, 0.25) is 0 Å². The standard InChI is InChI=1S/C27H30N2O6/c1-16-13-29(14-17(16)12-24(30)31)26(32)25-23(10-11-34-25)28-27(33)35-15-22-20-8-4-2-6-18(20)19-7-3-5-9-21(19)22/h2-9,16-17,22-23,25H,10-15H2,1H3,(H,28,33)(H,30,31)/t16-,17-,23-,25+/m1/s1. The fourth-order valence-electron chi connectivity index (χ4n) is 5.66. The van der Waals surface area contributed by atoms with Crippen molar-refractivity contribution in [2.24, 2.45) is 11.8 Å². The third kappa shape index (κ3) is 4.62. The number of alkyl carbamates (subject to hydrolysis) is 1. The minimum Gasteiger partial charge on any atom is -0.481 e. The minimum absolute atomic E-state index is 0.0392. The van der Waals surface area contributed by atoms with Crippen molar-refractivity contribution < 1.29 is 29.0 Å². The topological polar surface area (TPSA) is 105 Å². The van der Waals surface area contributed by atoms with Crippen LogP contribution < -0.4 is 5.32 Å². The van der Waals surface area contributed by atoms with Crippen LogP contribution in [0.15, 0.2) is 48.5 Å². The van der Waals surface area contributed by atoms with Gasteiger partial charge < -0.3 is 24.8 Å². The van der Waals surface area contributed by atoms with E-state index in [4.69, 9.17) is 14.6 Å². The van der Waals surface area contributed by atoms with E-state index in [-0.39, 0.29) is 36.7 Å². The van der Waals surface area contributed by atoms with Crippen LogP contribution in [0, 0.1) is 11.8 Å². The molecule has 2 aliphatic heterocycles. The summed E-state index contributed by atoms with van der Waals surface area (Å²) in [5, 5.41) is 11.9. The summed E-state index contributed by atoms with van der Waals surface area (Å²) in [6.07, 6.45) is -0.801. The van der Waals surface area contributed by atoms with Gasteiger partial charge in [0.15, 0.2) is 6.10 Å². The number of carbonyl (C=O) groups excluding carboxylic acids is 2. The van der Waals surface area contributed by atoms with Crippen LogP contribution in [0.5, 0.6) is 0 Å². The zero-order chi connectivity index (χ0) is 24.5. The van der Waals surface area contributed by atoms with Gasteiger partial charge in [0.1, 0.15) is 6.61 Å². The number of ether oxygens (including phenoxy) is 2. The number of fused-ring (bicyclic) bond motifs is 3. The molecule has 4 atom stereocenters. The number of benzene rings is 2. The molecule has 3 aliphatic rings. The summed E-state index contributed by atoms with van der Waals surface area (Å²) in [6, 6.07) is 15.8. The first-order chi connectivity index (χ1) is 16.9. The number of aliphatic carboxylic acids is 1. The zero-order valence-electron chi connectivity index (χ0n) is 19.7. The summed E-state index contributed by atoms with van der Waals surface area (Å²) in [4.78, 5) is 38.6. The van der Waals surface area contributed by atoms with Crippen molar-refractivity contribution in [3.63, 3.8) is 0 Å². The molecule has 0 unspecified atom stereocenters. The fourth-order valence-corrected chi connectivity index (χ4v) is 5.66. The lowest BCUT2D eigenvalue weighted by Gasteiger charge is -2.25. The Hall–Kier alpha value is -3.39. The van der Waals surface area contributed by atoms with Crippen LogP contribution >= 0.6 is 0 Å². The maximum Gasteiger partial charge on any atom is 0.407 e. The van der Waals surface area contributed by atoms with E-state index in [2.05, 4.69) is 29.6 Å². The number of rotatable bonds is 6. The van der Waals surface area contributed by atoms with Crippen LogP contribution in [-0.4, -0.2) is 66.4 Å². The first-order valence-corrected chi connectivity index (χ1v) is 12.2. The molecular formula is C27H30N2O6. The third-order valence-corrected chi connectivity index (χ3v) is 7.50. The molecule has 184 valence electrons. The van der Waals surface area contributed by atoms with Crippen molar-refractivity contribution in [3.05, 3.63) is 59.7 Å². The maximum absolute atomic E-state index is 13.1. The van der Waals surface area contributed by atoms with E-state index in [1.54, 1.807) is 4.90 Å². The highest BCUT2D eigenvalue weighted by molar-refractivity contribution is 5.83. The van der Waals surface area contributed by atoms with Crippen molar-refractivity contribution in [1.82, 2.24) is 10.2 Å². The number of carboxylic acids is 1. The number of hydrogen-bond donors (Lipinski definition) is 2. The number of amides is 2. The van der Waals surface area contributed by atoms with Crippen LogP contribution in [0.4, 0.5) is 4.79 Å². The molecule has 5 rings (SSSR count). The van der Waals surface area contributed by atoms with Gasteiger partial charge in [-0.15, -0.1) is 0 Å². The second-order valence-electron chi connectivity index (χ2n) is 9.73. The monoisotopic (exact) mass is 478 g/mol. The molecule has 0 aromatic heterocycles. The molecule has 2 saturated heterocycles. The van der Waals surface area contributed by atoms with E-state index in [0.717, 1.165) is 22.3 Å². The maximum atomic E-state index is 13.1. The van der Waals surface area contributed by atoms with E-state index >= 15 is 0 Å². The van der Waals surface area contributed by atoms with Gasteiger partial charge in [0.25, 0.3) is 5.91 Å². The van der Waals surface area contributed by atoms with Gasteiger partial charge in [-0.2, -0.15) is 0 Å². The Kier molecular flexibility index (Phi) is 6.47. The van der Waals surface area contributed by atoms with Crippen LogP contribution in [0.3, 0.4) is 0 Å². The van der Waals surface area contributed by atoms with Gasteiger partial charge in [-0.05, 0) is 40.5 Å². The molecule has 35 heavy (non-hydrogen) atoms. The summed E-state index contributed by atoms with van der Waals surface area (Å²) in [6.45, 7) is 3.42. The zero-order valence-corrected chi connectivity index (χ0v) is 19.7. The quantitative estimate of drug-likeness (QED) is 0.660. The van der Waals surface area contributed by atoms with E-state index in [1.807, 2.05) is 31.2 Å². The first-order valence-electron chi connectivity index (χ1n) is 12.2. The molecule has 2 aromatic rings. The van der Waals surface area contributed by atoms with Crippen molar-refractivity contribution in [1.29, 1.82) is 0 Å². The molecule has 2 aromatic carbocycles. The average molecular weight is 479 g/mol. The number of nitrogens with one attached hydrogen (secondary N) is 1. The number of carbonyl (C=O) groups is 3. The highest BCUT2D eigenvalue weighted by Gasteiger charge is 2.42. The van der Waals surface area contributed by atoms with E-state index in [9.17, 15) is 14.4 Å². The molecule has 1 aliphatic carbocycles. The second kappa shape index (κ2) is 9.70. The Morgan fingerprint density at radius 1 is 1.06 bits per heavy atom. The summed E-state index contributed by atoms with van der Waals surface area (Å²) in [7, 11) is 0. The van der Waals surface area contributed by atoms with Gasteiger partial charge in [-0.1, -0.05) is 55.5 Å².